The van der Waals surface area contributed by atoms with Crippen LogP contribution in [-0.4, -0.2) is 18.6 Å². The number of benzene rings is 1. The zero-order valence-electron chi connectivity index (χ0n) is 13.3. The second-order valence-electron chi connectivity index (χ2n) is 7.03. The number of ether oxygens (including phenoxy) is 1. The molecule has 112 valence electrons. The van der Waals surface area contributed by atoms with Crippen molar-refractivity contribution >= 4 is 11.6 Å². The fourth-order valence-corrected chi connectivity index (χ4v) is 2.60. The lowest BCUT2D eigenvalue weighted by Gasteiger charge is -2.33. The summed E-state index contributed by atoms with van der Waals surface area (Å²) in [5.74, 6) is 0.452. The molecule has 4 heteroatoms. The highest BCUT2D eigenvalue weighted by Gasteiger charge is 2.28. The molecule has 0 spiro atoms. The number of methoxy groups -OCH3 is 1. The maximum absolute atomic E-state index is 12.4. The third-order valence-electron chi connectivity index (χ3n) is 2.93. The highest BCUT2D eigenvalue weighted by Crippen LogP contribution is 2.27. The van der Waals surface area contributed by atoms with Crippen molar-refractivity contribution in [2.24, 2.45) is 5.41 Å². The lowest BCUT2D eigenvalue weighted by Crippen LogP contribution is -2.46. The van der Waals surface area contributed by atoms with E-state index in [1.165, 1.54) is 0 Å². The largest absolute Gasteiger partial charge is 0.497 e. The van der Waals surface area contributed by atoms with E-state index < -0.39 is 0 Å². The normalized spacial score (nSPS) is 12.1. The molecule has 0 heterocycles. The first-order chi connectivity index (χ1) is 9.04. The van der Waals surface area contributed by atoms with E-state index in [1.807, 2.05) is 13.8 Å². The maximum Gasteiger partial charge on any atom is 0.253 e. The van der Waals surface area contributed by atoms with Gasteiger partial charge in [0.05, 0.1) is 12.7 Å². The molecule has 0 aliphatic heterocycles. The number of rotatable bonds is 4. The van der Waals surface area contributed by atoms with Gasteiger partial charge in [0.25, 0.3) is 5.91 Å². The van der Waals surface area contributed by atoms with Gasteiger partial charge in [-0.1, -0.05) is 20.8 Å². The van der Waals surface area contributed by atoms with Gasteiger partial charge < -0.3 is 15.8 Å². The minimum atomic E-state index is -0.301. The van der Waals surface area contributed by atoms with E-state index in [9.17, 15) is 4.79 Å². The minimum absolute atomic E-state index is 0.136. The lowest BCUT2D eigenvalue weighted by molar-refractivity contribution is 0.0892. The molecule has 0 saturated carbocycles. The highest BCUT2D eigenvalue weighted by molar-refractivity contribution is 5.99. The second kappa shape index (κ2) is 5.73. The number of nitrogen functional groups attached to an aromatic ring is 1. The summed E-state index contributed by atoms with van der Waals surface area (Å²) in [4.78, 5) is 12.4. The van der Waals surface area contributed by atoms with Crippen molar-refractivity contribution < 1.29 is 9.53 Å². The first kappa shape index (κ1) is 16.3. The molecule has 1 aromatic rings. The number of anilines is 1. The van der Waals surface area contributed by atoms with Gasteiger partial charge in [0.2, 0.25) is 0 Å². The standard InChI is InChI=1S/C16H26N2O2/c1-15(2,3)10-16(4,5)18-14(19)12-9-11(20-6)7-8-13(12)17/h7-9H,10,17H2,1-6H3,(H,18,19). The van der Waals surface area contributed by atoms with E-state index in [1.54, 1.807) is 25.3 Å². The highest BCUT2D eigenvalue weighted by atomic mass is 16.5. The van der Waals surface area contributed by atoms with Crippen molar-refractivity contribution in [1.82, 2.24) is 5.32 Å². The zero-order valence-corrected chi connectivity index (χ0v) is 13.3. The van der Waals surface area contributed by atoms with E-state index in [2.05, 4.69) is 26.1 Å². The number of carbonyl (C=O) groups is 1. The molecule has 0 aromatic heterocycles. The Morgan fingerprint density at radius 3 is 2.35 bits per heavy atom. The van der Waals surface area contributed by atoms with Crippen LogP contribution in [0.4, 0.5) is 5.69 Å². The average Bonchev–Trinajstić information content (AvgIpc) is 2.25. The first-order valence-corrected chi connectivity index (χ1v) is 6.80. The summed E-state index contributed by atoms with van der Waals surface area (Å²) < 4.78 is 5.14. The van der Waals surface area contributed by atoms with Crippen LogP contribution in [0.3, 0.4) is 0 Å². The number of carbonyl (C=O) groups excluding carboxylic acids is 1. The van der Waals surface area contributed by atoms with Gasteiger partial charge >= 0.3 is 0 Å². The Balaban J connectivity index is 2.91. The third kappa shape index (κ3) is 4.76. The van der Waals surface area contributed by atoms with E-state index in [0.717, 1.165) is 6.42 Å². The van der Waals surface area contributed by atoms with Gasteiger partial charge in [-0.25, -0.2) is 0 Å². The monoisotopic (exact) mass is 278 g/mol. The van der Waals surface area contributed by atoms with Gasteiger partial charge in [-0.15, -0.1) is 0 Å². The molecule has 20 heavy (non-hydrogen) atoms. The van der Waals surface area contributed by atoms with E-state index in [-0.39, 0.29) is 16.9 Å². The van der Waals surface area contributed by atoms with Crippen LogP contribution >= 0.6 is 0 Å². The molecule has 0 aliphatic carbocycles. The van der Waals surface area contributed by atoms with Crippen LogP contribution < -0.4 is 15.8 Å². The van der Waals surface area contributed by atoms with Crippen molar-refractivity contribution in [3.05, 3.63) is 23.8 Å². The Morgan fingerprint density at radius 2 is 1.85 bits per heavy atom. The third-order valence-corrected chi connectivity index (χ3v) is 2.93. The Morgan fingerprint density at radius 1 is 1.25 bits per heavy atom. The van der Waals surface area contributed by atoms with Crippen LogP contribution in [0.15, 0.2) is 18.2 Å². The summed E-state index contributed by atoms with van der Waals surface area (Å²) in [7, 11) is 1.57. The average molecular weight is 278 g/mol. The fourth-order valence-electron chi connectivity index (χ4n) is 2.60. The number of amides is 1. The van der Waals surface area contributed by atoms with Crippen LogP contribution in [0.5, 0.6) is 5.75 Å². The molecule has 0 atom stereocenters. The van der Waals surface area contributed by atoms with Gasteiger partial charge in [-0.3, -0.25) is 4.79 Å². The molecule has 4 nitrogen and oxygen atoms in total. The van der Waals surface area contributed by atoms with Crippen LogP contribution in [0, 0.1) is 5.41 Å². The van der Waals surface area contributed by atoms with Crippen molar-refractivity contribution in [3.8, 4) is 5.75 Å². The fraction of sp³-hybridized carbons (Fsp3) is 0.562. The number of hydrogen-bond acceptors (Lipinski definition) is 3. The number of nitrogens with one attached hydrogen (secondary N) is 1. The smallest absolute Gasteiger partial charge is 0.253 e. The van der Waals surface area contributed by atoms with Crippen LogP contribution in [0.2, 0.25) is 0 Å². The molecule has 0 unspecified atom stereocenters. The molecular formula is C16H26N2O2. The van der Waals surface area contributed by atoms with Crippen molar-refractivity contribution in [2.75, 3.05) is 12.8 Å². The Hall–Kier alpha value is -1.71. The molecule has 0 bridgehead atoms. The molecule has 3 N–H and O–H groups in total. The van der Waals surface area contributed by atoms with Crippen LogP contribution in [0.25, 0.3) is 0 Å². The van der Waals surface area contributed by atoms with Crippen molar-refractivity contribution in [2.45, 2.75) is 46.6 Å². The minimum Gasteiger partial charge on any atom is -0.497 e. The Kier molecular flexibility index (Phi) is 4.69. The maximum atomic E-state index is 12.4. The summed E-state index contributed by atoms with van der Waals surface area (Å²) >= 11 is 0. The van der Waals surface area contributed by atoms with Gasteiger partial charge in [0, 0.05) is 11.2 Å². The van der Waals surface area contributed by atoms with Crippen LogP contribution in [-0.2, 0) is 0 Å². The summed E-state index contributed by atoms with van der Waals surface area (Å²) in [5, 5.41) is 3.05. The van der Waals surface area contributed by atoms with Crippen LogP contribution in [0.1, 0.15) is 51.4 Å². The predicted molar refractivity (Wildman–Crippen MR) is 83.0 cm³/mol. The quantitative estimate of drug-likeness (QED) is 0.831. The number of hydrogen-bond donors (Lipinski definition) is 2. The lowest BCUT2D eigenvalue weighted by atomic mass is 9.81. The Bertz CT molecular complexity index is 488. The zero-order chi connectivity index (χ0) is 15.6. The molecular weight excluding hydrogens is 252 g/mol. The van der Waals surface area contributed by atoms with E-state index in [0.29, 0.717) is 17.0 Å². The molecule has 0 aliphatic rings. The molecule has 0 radical (unpaired) electrons. The Labute approximate surface area is 121 Å². The van der Waals surface area contributed by atoms with Gasteiger partial charge in [-0.05, 0) is 43.9 Å². The van der Waals surface area contributed by atoms with Crippen molar-refractivity contribution in [1.29, 1.82) is 0 Å². The van der Waals surface area contributed by atoms with Gasteiger partial charge in [-0.2, -0.15) is 0 Å². The SMILES string of the molecule is COc1ccc(N)c(C(=O)NC(C)(C)CC(C)(C)C)c1. The van der Waals surface area contributed by atoms with Gasteiger partial charge in [0.1, 0.15) is 5.75 Å². The van der Waals surface area contributed by atoms with E-state index >= 15 is 0 Å². The molecule has 0 fully saturated rings. The molecule has 1 aromatic carbocycles. The van der Waals surface area contributed by atoms with E-state index in [4.69, 9.17) is 10.5 Å². The van der Waals surface area contributed by atoms with Gasteiger partial charge in [0.15, 0.2) is 0 Å². The molecule has 1 rings (SSSR count). The second-order valence-corrected chi connectivity index (χ2v) is 7.03. The first-order valence-electron chi connectivity index (χ1n) is 6.80. The summed E-state index contributed by atoms with van der Waals surface area (Å²) in [6, 6.07) is 5.09. The summed E-state index contributed by atoms with van der Waals surface area (Å²) in [6.45, 7) is 10.5. The summed E-state index contributed by atoms with van der Waals surface area (Å²) in [6.07, 6.45) is 0.871. The van der Waals surface area contributed by atoms with Crippen molar-refractivity contribution in [3.63, 3.8) is 0 Å². The predicted octanol–water partition coefficient (Wildman–Crippen LogP) is 3.22. The molecule has 0 saturated heterocycles. The number of nitrogens with two attached hydrogens (primary N) is 1. The molecule has 1 amide bonds. The topological polar surface area (TPSA) is 64.3 Å². The summed E-state index contributed by atoms with van der Waals surface area (Å²) in [5.41, 5.74) is 6.61.